The van der Waals surface area contributed by atoms with Crippen LogP contribution in [-0.2, 0) is 21.1 Å². The minimum atomic E-state index is 0. The zero-order valence-corrected chi connectivity index (χ0v) is 27.6. The van der Waals surface area contributed by atoms with Crippen LogP contribution in [0.5, 0.6) is 11.5 Å². The minimum Gasteiger partial charge on any atom is -0.497 e. The van der Waals surface area contributed by atoms with Crippen molar-refractivity contribution >= 4 is 54.6 Å². The molecule has 0 aliphatic heterocycles. The van der Waals surface area contributed by atoms with Crippen molar-refractivity contribution in [2.45, 2.75) is 0 Å². The van der Waals surface area contributed by atoms with Gasteiger partial charge in [-0.1, -0.05) is 131 Å². The number of imidazole rings is 2. The molecule has 6 aromatic carbocycles. The Bertz CT molecular complexity index is 2820. The van der Waals surface area contributed by atoms with Crippen molar-refractivity contribution in [2.75, 3.05) is 0 Å². The zero-order valence-electron chi connectivity index (χ0n) is 25.4. The smallest absolute Gasteiger partial charge is 0.497 e. The molecule has 0 saturated carbocycles. The molecule has 0 aliphatic carbocycles. The summed E-state index contributed by atoms with van der Waals surface area (Å²) in [5.74, 6) is 1.20. The average Bonchev–Trinajstić information content (AvgIpc) is 3.84. The van der Waals surface area contributed by atoms with Crippen LogP contribution in [0.15, 0.2) is 146 Å². The van der Waals surface area contributed by atoms with E-state index in [1.165, 1.54) is 22.3 Å². The van der Waals surface area contributed by atoms with Crippen LogP contribution in [0.3, 0.4) is 0 Å². The monoisotopic (exact) mass is 795 g/mol. The number of rotatable bonds is 4. The van der Waals surface area contributed by atoms with E-state index in [1.54, 1.807) is 0 Å². The summed E-state index contributed by atoms with van der Waals surface area (Å²) in [6.07, 6.45) is 7.68. The Morgan fingerprint density at radius 1 is 0.458 bits per heavy atom. The summed E-state index contributed by atoms with van der Waals surface area (Å²) >= 11 is 0. The number of aromatic nitrogens is 4. The number of nitrogens with zero attached hydrogens (tertiary/aromatic N) is 4. The van der Waals surface area contributed by atoms with Crippen LogP contribution in [0, 0.1) is 12.1 Å². The van der Waals surface area contributed by atoms with E-state index >= 15 is 0 Å². The summed E-state index contributed by atoms with van der Waals surface area (Å²) in [7, 11) is 0. The van der Waals surface area contributed by atoms with Crippen molar-refractivity contribution in [1.29, 1.82) is 0 Å². The number of hydrogen-bond donors (Lipinski definition) is 0. The van der Waals surface area contributed by atoms with Crippen molar-refractivity contribution in [3.63, 3.8) is 0 Å². The molecule has 6 heteroatoms. The number of hydrogen-bond acceptors (Lipinski definition) is 3. The van der Waals surface area contributed by atoms with Gasteiger partial charge in [-0.3, -0.25) is 9.97 Å². The molecule has 0 aliphatic rings. The average molecular weight is 796 g/mol. The molecule has 0 unspecified atom stereocenters. The van der Waals surface area contributed by atoms with Gasteiger partial charge in [0.2, 0.25) is 0 Å². The molecule has 0 amide bonds. The maximum Gasteiger partial charge on any atom is 2.00 e. The van der Waals surface area contributed by atoms with E-state index < -0.39 is 0 Å². The van der Waals surface area contributed by atoms with Gasteiger partial charge in [-0.25, -0.2) is 0 Å². The molecule has 0 atom stereocenters. The van der Waals surface area contributed by atoms with E-state index in [2.05, 4.69) is 118 Å². The first kappa shape index (κ1) is 28.5. The second-order valence-corrected chi connectivity index (χ2v) is 11.8. The van der Waals surface area contributed by atoms with Gasteiger partial charge in [0.25, 0.3) is 0 Å². The molecule has 0 bridgehead atoms. The molecule has 0 fully saturated rings. The number of benzene rings is 6. The van der Waals surface area contributed by atoms with Gasteiger partial charge in [0.05, 0.1) is 11.3 Å². The van der Waals surface area contributed by atoms with Crippen LogP contribution in [0.25, 0.3) is 76.9 Å². The summed E-state index contributed by atoms with van der Waals surface area (Å²) in [6, 6.07) is 49.3. The van der Waals surface area contributed by atoms with Gasteiger partial charge in [0.15, 0.2) is 0 Å². The third kappa shape index (κ3) is 4.43. The number of ether oxygens (including phenoxy) is 1. The Kier molecular flexibility index (Phi) is 6.63. The molecule has 0 N–H and O–H groups in total. The quantitative estimate of drug-likeness (QED) is 0.132. The Balaban J connectivity index is 0.00000314. The Hall–Kier alpha value is -5.77. The van der Waals surface area contributed by atoms with Gasteiger partial charge in [-0.05, 0) is 45.2 Å². The fourth-order valence-corrected chi connectivity index (χ4v) is 6.89. The van der Waals surface area contributed by atoms with E-state index in [0.717, 1.165) is 54.6 Å². The standard InChI is InChI=1S/C42H24N4O.Pt/c1-3-7-27(8-4-1)29-12-18-39-36(23-29)34-17-14-32(26-38(34)41-43-19-21-45(39)41)47-31-13-16-33-35-15-11-30(28-9-5-2-6-10-28)24-40(35)46-22-20-44-42(46)37(33)25-31;/h1-24H;/q-2;+2. The molecule has 0 saturated heterocycles. The van der Waals surface area contributed by atoms with E-state index in [1.807, 2.05) is 49.1 Å². The third-order valence-electron chi connectivity index (χ3n) is 9.09. The van der Waals surface area contributed by atoms with Crippen LogP contribution in [0.1, 0.15) is 0 Å². The van der Waals surface area contributed by atoms with Crippen molar-refractivity contribution in [2.24, 2.45) is 0 Å². The van der Waals surface area contributed by atoms with Crippen LogP contribution >= 0.6 is 0 Å². The Labute approximate surface area is 290 Å². The third-order valence-corrected chi connectivity index (χ3v) is 9.09. The maximum atomic E-state index is 6.45. The molecule has 4 aromatic heterocycles. The second-order valence-electron chi connectivity index (χ2n) is 11.8. The van der Waals surface area contributed by atoms with E-state index in [4.69, 9.17) is 14.7 Å². The normalized spacial score (nSPS) is 11.6. The summed E-state index contributed by atoms with van der Waals surface area (Å²) in [4.78, 5) is 9.44. The number of fused-ring (bicyclic) bond motifs is 12. The van der Waals surface area contributed by atoms with Crippen molar-refractivity contribution in [1.82, 2.24) is 18.8 Å². The van der Waals surface area contributed by atoms with Crippen LogP contribution in [0.2, 0.25) is 0 Å². The molecular weight excluding hydrogens is 772 g/mol. The summed E-state index contributed by atoms with van der Waals surface area (Å²) in [6.45, 7) is 0. The van der Waals surface area contributed by atoms with E-state index in [-0.39, 0.29) is 21.1 Å². The summed E-state index contributed by atoms with van der Waals surface area (Å²) in [5.41, 5.74) is 8.57. The first-order valence-corrected chi connectivity index (χ1v) is 15.6. The van der Waals surface area contributed by atoms with Gasteiger partial charge >= 0.3 is 21.1 Å². The molecule has 0 radical (unpaired) electrons. The van der Waals surface area contributed by atoms with Gasteiger partial charge in [0, 0.05) is 47.3 Å². The molecule has 0 spiro atoms. The van der Waals surface area contributed by atoms with Gasteiger partial charge in [0.1, 0.15) is 0 Å². The van der Waals surface area contributed by atoms with Gasteiger partial charge in [-0.2, -0.15) is 0 Å². The van der Waals surface area contributed by atoms with Gasteiger partial charge < -0.3 is 13.5 Å². The predicted molar refractivity (Wildman–Crippen MR) is 189 cm³/mol. The molecule has 10 aromatic rings. The molecular formula is C42H24N4OPt. The maximum absolute atomic E-state index is 6.45. The predicted octanol–water partition coefficient (Wildman–Crippen LogP) is 10.3. The van der Waals surface area contributed by atoms with Crippen molar-refractivity contribution in [3.8, 4) is 33.8 Å². The fraction of sp³-hybridized carbons (Fsp3) is 0. The van der Waals surface area contributed by atoms with Crippen molar-refractivity contribution < 1.29 is 25.8 Å². The Morgan fingerprint density at radius 3 is 1.60 bits per heavy atom. The molecule has 10 rings (SSSR count). The SMILES string of the molecule is [Pt+2].[c-]1c(Oc2[c-]c3c(cc2)c2ccc(-c4ccccc4)cc2n2ccnc32)ccc2c1c1nccn1c1ccc(-c3ccccc3)cc21. The number of pyridine rings is 2. The minimum absolute atomic E-state index is 0. The zero-order chi connectivity index (χ0) is 30.9. The largest absolute Gasteiger partial charge is 2.00 e. The van der Waals surface area contributed by atoms with Crippen LogP contribution < -0.4 is 4.74 Å². The topological polar surface area (TPSA) is 43.8 Å². The van der Waals surface area contributed by atoms with Gasteiger partial charge in [-0.15, -0.1) is 12.1 Å². The first-order chi connectivity index (χ1) is 23.3. The Morgan fingerprint density at radius 2 is 0.979 bits per heavy atom. The van der Waals surface area contributed by atoms with E-state index in [0.29, 0.717) is 11.5 Å². The molecule has 228 valence electrons. The summed E-state index contributed by atoms with van der Waals surface area (Å²) < 4.78 is 10.7. The molecule has 4 heterocycles. The van der Waals surface area contributed by atoms with Crippen LogP contribution in [0.4, 0.5) is 0 Å². The van der Waals surface area contributed by atoms with E-state index in [9.17, 15) is 0 Å². The fourth-order valence-electron chi connectivity index (χ4n) is 6.89. The second kappa shape index (κ2) is 11.2. The van der Waals surface area contributed by atoms with Crippen LogP contribution in [-0.4, -0.2) is 18.8 Å². The first-order valence-electron chi connectivity index (χ1n) is 15.6. The summed E-state index contributed by atoms with van der Waals surface area (Å²) in [5, 5.41) is 6.23. The van der Waals surface area contributed by atoms with Crippen molar-refractivity contribution in [3.05, 3.63) is 158 Å². The molecule has 48 heavy (non-hydrogen) atoms. The molecule has 5 nitrogen and oxygen atoms in total.